The van der Waals surface area contributed by atoms with Gasteiger partial charge in [-0.1, -0.05) is 26.7 Å². The molecule has 1 saturated carbocycles. The summed E-state index contributed by atoms with van der Waals surface area (Å²) in [7, 11) is 0. The molecule has 1 aliphatic heterocycles. The van der Waals surface area contributed by atoms with E-state index in [1.165, 1.54) is 32.1 Å². The minimum atomic E-state index is 0.309. The molecule has 1 aliphatic carbocycles. The molecule has 0 bridgehead atoms. The van der Waals surface area contributed by atoms with Crippen molar-refractivity contribution in [3.05, 3.63) is 0 Å². The van der Waals surface area contributed by atoms with Gasteiger partial charge in [0.1, 0.15) is 0 Å². The van der Waals surface area contributed by atoms with E-state index in [0.29, 0.717) is 23.5 Å². The molecule has 1 heterocycles. The summed E-state index contributed by atoms with van der Waals surface area (Å²) in [5.41, 5.74) is 0.780. The normalized spacial score (nSPS) is 41.8. The maximum Gasteiger partial charge on any atom is 0.0590 e. The van der Waals surface area contributed by atoms with E-state index in [9.17, 15) is 5.11 Å². The number of aliphatic hydroxyl groups excluding tert-OH is 1. The highest BCUT2D eigenvalue weighted by Gasteiger charge is 2.53. The predicted octanol–water partition coefficient (Wildman–Crippen LogP) is 1.93. The summed E-state index contributed by atoms with van der Waals surface area (Å²) >= 11 is 0. The second-order valence-electron chi connectivity index (χ2n) is 5.69. The fourth-order valence-electron chi connectivity index (χ4n) is 3.78. The number of aliphatic hydroxyl groups is 1. The van der Waals surface area contributed by atoms with E-state index < -0.39 is 0 Å². The molecular weight excluding hydrogens is 174 g/mol. The molecule has 2 rings (SSSR count). The van der Waals surface area contributed by atoms with E-state index >= 15 is 0 Å². The summed E-state index contributed by atoms with van der Waals surface area (Å²) in [5, 5.41) is 12.9. The molecule has 1 saturated heterocycles. The van der Waals surface area contributed by atoms with Gasteiger partial charge in [0.25, 0.3) is 0 Å². The van der Waals surface area contributed by atoms with Gasteiger partial charge in [-0.25, -0.2) is 0 Å². The lowest BCUT2D eigenvalue weighted by molar-refractivity contribution is -0.0123. The fourth-order valence-corrected chi connectivity index (χ4v) is 3.78. The highest BCUT2D eigenvalue weighted by molar-refractivity contribution is 5.06. The molecule has 0 radical (unpaired) electrons. The van der Waals surface area contributed by atoms with Gasteiger partial charge in [0.05, 0.1) is 6.61 Å². The van der Waals surface area contributed by atoms with Gasteiger partial charge in [-0.2, -0.15) is 0 Å². The number of rotatable bonds is 1. The van der Waals surface area contributed by atoms with Crippen LogP contribution in [0.3, 0.4) is 0 Å². The lowest BCUT2D eigenvalue weighted by Gasteiger charge is -2.51. The molecule has 0 aromatic carbocycles. The van der Waals surface area contributed by atoms with Crippen molar-refractivity contribution in [2.45, 2.75) is 52.0 Å². The minimum absolute atomic E-state index is 0.309. The molecule has 2 nitrogen and oxygen atoms in total. The second kappa shape index (κ2) is 3.49. The van der Waals surface area contributed by atoms with Crippen molar-refractivity contribution in [2.24, 2.45) is 10.8 Å². The first kappa shape index (κ1) is 10.4. The Morgan fingerprint density at radius 2 is 1.93 bits per heavy atom. The molecule has 2 heteroatoms. The van der Waals surface area contributed by atoms with Crippen molar-refractivity contribution in [1.82, 2.24) is 5.32 Å². The summed E-state index contributed by atoms with van der Waals surface area (Å²) < 4.78 is 0. The van der Waals surface area contributed by atoms with E-state index in [4.69, 9.17) is 0 Å². The first-order valence-corrected chi connectivity index (χ1v) is 5.97. The van der Waals surface area contributed by atoms with Crippen LogP contribution < -0.4 is 5.32 Å². The monoisotopic (exact) mass is 197 g/mol. The third kappa shape index (κ3) is 1.31. The number of hydrogen-bond donors (Lipinski definition) is 2. The predicted molar refractivity (Wildman–Crippen MR) is 58.2 cm³/mol. The zero-order chi connectivity index (χ0) is 10.2. The Bertz CT molecular complexity index is 214. The Kier molecular flexibility index (Phi) is 2.61. The highest BCUT2D eigenvalue weighted by atomic mass is 16.3. The van der Waals surface area contributed by atoms with Crippen LogP contribution in [0.15, 0.2) is 0 Å². The SMILES string of the molecule is CC1(C)CCCCC12CCNC2CO. The largest absolute Gasteiger partial charge is 0.395 e. The molecule has 2 fully saturated rings. The third-order valence-corrected chi connectivity index (χ3v) is 4.83. The van der Waals surface area contributed by atoms with E-state index in [2.05, 4.69) is 19.2 Å². The molecule has 2 unspecified atom stereocenters. The molecule has 2 aliphatic rings. The van der Waals surface area contributed by atoms with Gasteiger partial charge in [-0.3, -0.25) is 0 Å². The second-order valence-corrected chi connectivity index (χ2v) is 5.69. The van der Waals surface area contributed by atoms with Crippen LogP contribution in [-0.2, 0) is 0 Å². The number of nitrogens with one attached hydrogen (secondary N) is 1. The van der Waals surface area contributed by atoms with Crippen LogP contribution in [0.25, 0.3) is 0 Å². The first-order chi connectivity index (χ1) is 6.62. The van der Waals surface area contributed by atoms with Crippen molar-refractivity contribution in [1.29, 1.82) is 0 Å². The Balaban J connectivity index is 2.26. The zero-order valence-corrected chi connectivity index (χ0v) is 9.47. The standard InChI is InChI=1S/C12H23NO/c1-11(2)5-3-4-6-12(11)7-8-13-10(12)9-14/h10,13-14H,3-9H2,1-2H3. The molecule has 82 valence electrons. The summed E-state index contributed by atoms with van der Waals surface area (Å²) in [4.78, 5) is 0. The molecule has 2 atom stereocenters. The van der Waals surface area contributed by atoms with E-state index in [-0.39, 0.29) is 0 Å². The van der Waals surface area contributed by atoms with Crippen LogP contribution >= 0.6 is 0 Å². The van der Waals surface area contributed by atoms with Crippen LogP contribution in [0.1, 0.15) is 46.0 Å². The van der Waals surface area contributed by atoms with Crippen LogP contribution in [0.4, 0.5) is 0 Å². The maximum absolute atomic E-state index is 9.45. The third-order valence-electron chi connectivity index (χ3n) is 4.83. The average molecular weight is 197 g/mol. The Hall–Kier alpha value is -0.0800. The van der Waals surface area contributed by atoms with Gasteiger partial charge >= 0.3 is 0 Å². The van der Waals surface area contributed by atoms with Gasteiger partial charge in [-0.05, 0) is 36.6 Å². The van der Waals surface area contributed by atoms with Crippen LogP contribution in [-0.4, -0.2) is 24.3 Å². The van der Waals surface area contributed by atoms with Gasteiger partial charge in [0, 0.05) is 6.04 Å². The van der Waals surface area contributed by atoms with E-state index in [0.717, 1.165) is 6.54 Å². The summed E-state index contributed by atoms with van der Waals surface area (Å²) in [6.07, 6.45) is 6.60. The lowest BCUT2D eigenvalue weighted by Crippen LogP contribution is -2.50. The molecule has 0 amide bonds. The smallest absolute Gasteiger partial charge is 0.0590 e. The molecule has 0 aromatic rings. The summed E-state index contributed by atoms with van der Waals surface area (Å²) in [6.45, 7) is 6.18. The van der Waals surface area contributed by atoms with Crippen LogP contribution in [0, 0.1) is 10.8 Å². The van der Waals surface area contributed by atoms with Crippen molar-refractivity contribution in [2.75, 3.05) is 13.2 Å². The average Bonchev–Trinajstić information content (AvgIpc) is 2.55. The van der Waals surface area contributed by atoms with Crippen molar-refractivity contribution < 1.29 is 5.11 Å². The van der Waals surface area contributed by atoms with E-state index in [1.54, 1.807) is 0 Å². The minimum Gasteiger partial charge on any atom is -0.395 e. The topological polar surface area (TPSA) is 32.3 Å². The van der Waals surface area contributed by atoms with Gasteiger partial charge in [-0.15, -0.1) is 0 Å². The lowest BCUT2D eigenvalue weighted by atomic mass is 9.54. The van der Waals surface area contributed by atoms with Crippen LogP contribution in [0.5, 0.6) is 0 Å². The Morgan fingerprint density at radius 1 is 1.21 bits per heavy atom. The van der Waals surface area contributed by atoms with Gasteiger partial charge in [0.2, 0.25) is 0 Å². The summed E-state index contributed by atoms with van der Waals surface area (Å²) in [5.74, 6) is 0. The maximum atomic E-state index is 9.45. The van der Waals surface area contributed by atoms with Gasteiger partial charge < -0.3 is 10.4 Å². The van der Waals surface area contributed by atoms with Crippen molar-refractivity contribution in [3.63, 3.8) is 0 Å². The first-order valence-electron chi connectivity index (χ1n) is 5.97. The molecule has 1 spiro atoms. The van der Waals surface area contributed by atoms with E-state index in [1.807, 2.05) is 0 Å². The fraction of sp³-hybridized carbons (Fsp3) is 1.00. The van der Waals surface area contributed by atoms with Crippen molar-refractivity contribution >= 4 is 0 Å². The molecule has 0 aromatic heterocycles. The zero-order valence-electron chi connectivity index (χ0n) is 9.47. The summed E-state index contributed by atoms with van der Waals surface area (Å²) in [6, 6.07) is 0.345. The number of hydrogen-bond acceptors (Lipinski definition) is 2. The molecule has 2 N–H and O–H groups in total. The van der Waals surface area contributed by atoms with Gasteiger partial charge in [0.15, 0.2) is 0 Å². The molecule has 14 heavy (non-hydrogen) atoms. The molecular formula is C12H23NO. The van der Waals surface area contributed by atoms with Crippen LogP contribution in [0.2, 0.25) is 0 Å². The van der Waals surface area contributed by atoms with Crippen molar-refractivity contribution in [3.8, 4) is 0 Å². The Labute approximate surface area is 87.1 Å². The Morgan fingerprint density at radius 3 is 2.57 bits per heavy atom. The quantitative estimate of drug-likeness (QED) is 0.673. The highest BCUT2D eigenvalue weighted by Crippen LogP contribution is 2.56.